The number of carbonyl (C=O) groups excluding carboxylic acids is 6. The van der Waals surface area contributed by atoms with Crippen LogP contribution in [0.2, 0.25) is 0 Å². The summed E-state index contributed by atoms with van der Waals surface area (Å²) < 4.78 is 0. The van der Waals surface area contributed by atoms with Crippen LogP contribution >= 0.6 is 0 Å². The number of hydrogen-bond acceptors (Lipinski definition) is 8. The third-order valence-electron chi connectivity index (χ3n) is 14.6. The lowest BCUT2D eigenvalue weighted by Crippen LogP contribution is -2.55. The van der Waals surface area contributed by atoms with Gasteiger partial charge >= 0.3 is 0 Å². The molecule has 5 aliphatic rings. The minimum absolute atomic E-state index is 0.0385. The summed E-state index contributed by atoms with van der Waals surface area (Å²) in [5, 5.41) is 18.1. The summed E-state index contributed by atoms with van der Waals surface area (Å²) in [5.41, 5.74) is 6.64. The predicted molar refractivity (Wildman–Crippen MR) is 261 cm³/mol. The Labute approximate surface area is 402 Å². The van der Waals surface area contributed by atoms with Gasteiger partial charge in [0.1, 0.15) is 24.2 Å². The van der Waals surface area contributed by atoms with Crippen LogP contribution in [-0.4, -0.2) is 115 Å². The lowest BCUT2D eigenvalue weighted by Gasteiger charge is -2.31. The number of allylic oxidation sites excluding steroid dienone is 2. The van der Waals surface area contributed by atoms with Gasteiger partial charge in [0, 0.05) is 49.5 Å². The molecule has 2 aliphatic heterocycles. The lowest BCUT2D eigenvalue weighted by atomic mass is 9.83. The molecule has 2 fully saturated rings. The van der Waals surface area contributed by atoms with E-state index in [0.717, 1.165) is 61.7 Å². The van der Waals surface area contributed by atoms with Gasteiger partial charge < -0.3 is 41.7 Å². The molecule has 2 saturated heterocycles. The highest BCUT2D eigenvalue weighted by atomic mass is 16.2. The summed E-state index contributed by atoms with van der Waals surface area (Å²) in [5.74, 6) is 11.4. The number of rotatable bonds is 15. The van der Waals surface area contributed by atoms with E-state index in [4.69, 9.17) is 0 Å². The van der Waals surface area contributed by atoms with Crippen LogP contribution in [-0.2, 0) is 41.6 Å². The minimum Gasteiger partial charge on any atom is -0.354 e. The summed E-state index contributed by atoms with van der Waals surface area (Å²) >= 11 is 0. The molecule has 7 rings (SSSR count). The molecule has 2 aromatic carbocycles. The molecule has 0 radical (unpaired) electrons. The smallest absolute Gasteiger partial charge is 0.246 e. The van der Waals surface area contributed by atoms with Gasteiger partial charge in [-0.3, -0.25) is 28.8 Å². The molecule has 0 unspecified atom stereocenters. The van der Waals surface area contributed by atoms with E-state index in [1.807, 2.05) is 18.2 Å². The van der Waals surface area contributed by atoms with Crippen LogP contribution in [0.3, 0.4) is 0 Å². The number of likely N-dealkylation sites (tertiary alicyclic amines) is 2. The fourth-order valence-corrected chi connectivity index (χ4v) is 10.4. The van der Waals surface area contributed by atoms with E-state index < -0.39 is 36.3 Å². The van der Waals surface area contributed by atoms with Crippen molar-refractivity contribution in [2.75, 3.05) is 33.7 Å². The topological polar surface area (TPSA) is 181 Å². The normalized spacial score (nSPS) is 22.5. The Morgan fingerprint density at radius 2 is 1.10 bits per heavy atom. The highest BCUT2D eigenvalue weighted by molar-refractivity contribution is 5.95. The lowest BCUT2D eigenvalue weighted by molar-refractivity contribution is -0.141. The van der Waals surface area contributed by atoms with Crippen LogP contribution in [0.4, 0.5) is 0 Å². The van der Waals surface area contributed by atoms with E-state index in [0.29, 0.717) is 58.2 Å². The molecule has 8 atom stereocenters. The van der Waals surface area contributed by atoms with Gasteiger partial charge in [-0.2, -0.15) is 0 Å². The SMILES string of the molecule is CN[C@@H](C)C(=O)N[C@@H](CC#CC1=C(C#CC[C@H](NC(=O)[C@H](C)NC)C(=O)N2CCC[C@H]2C(=O)N[C@@H]2CCCc3ccccc32)CCC1)C(=O)N1CCC[C@H]1C(=O)NC[C@@H]1CCCc2ccccc21. The van der Waals surface area contributed by atoms with Crippen LogP contribution in [0, 0.1) is 23.7 Å². The molecule has 2 aromatic rings. The molecule has 0 saturated carbocycles. The van der Waals surface area contributed by atoms with Gasteiger partial charge in [0.2, 0.25) is 35.4 Å². The van der Waals surface area contributed by atoms with Crippen LogP contribution in [0.5, 0.6) is 0 Å². The first kappa shape index (κ1) is 49.9. The van der Waals surface area contributed by atoms with Gasteiger partial charge in [-0.1, -0.05) is 72.2 Å². The van der Waals surface area contributed by atoms with Gasteiger partial charge in [0.15, 0.2) is 0 Å². The van der Waals surface area contributed by atoms with Crippen LogP contribution in [0.1, 0.15) is 132 Å². The maximum absolute atomic E-state index is 14.3. The van der Waals surface area contributed by atoms with Crippen LogP contribution in [0.15, 0.2) is 59.7 Å². The second-order valence-corrected chi connectivity index (χ2v) is 19.0. The Morgan fingerprint density at radius 3 is 1.66 bits per heavy atom. The molecule has 14 heteroatoms. The van der Waals surface area contributed by atoms with Crippen LogP contribution in [0.25, 0.3) is 0 Å². The zero-order chi connectivity index (χ0) is 48.2. The second kappa shape index (κ2) is 23.9. The molecule has 3 aliphatic carbocycles. The van der Waals surface area contributed by atoms with Gasteiger partial charge in [-0.05, 0) is 134 Å². The highest BCUT2D eigenvalue weighted by Gasteiger charge is 2.40. The first-order chi connectivity index (χ1) is 33.0. The molecular weight excluding hydrogens is 857 g/mol. The number of carbonyl (C=O) groups is 6. The fraction of sp³-hybridized carbons (Fsp3) is 0.556. The van der Waals surface area contributed by atoms with E-state index in [9.17, 15) is 28.8 Å². The third kappa shape index (κ3) is 12.2. The van der Waals surface area contributed by atoms with Crippen molar-refractivity contribution in [3.63, 3.8) is 0 Å². The van der Waals surface area contributed by atoms with E-state index in [2.05, 4.69) is 85.9 Å². The standard InChI is InChI=1S/C54H70N8O6/c1-35(55-3)49(63)59-45(53(67)61-32-14-30-47(61)51(65)57-34-41-24-10-22-39-16-5-7-25-42(39)41)28-11-20-37-18-9-19-38(37)21-12-29-46(60-50(64)36(2)56-4)54(68)62-33-15-31-48(62)52(66)58-44-27-13-23-40-17-6-8-26-43(40)44/h5-8,16-17,25-26,35-36,41,44-48,55-56H,9-10,13-15,18-19,22-24,27-34H2,1-4H3,(H,57,65)(H,58,66)(H,59,63)(H,60,64)/t35-,36-,41-,44+,45-,46-,47-,48-/m0/s1. The van der Waals surface area contributed by atoms with Gasteiger partial charge in [0.05, 0.1) is 18.1 Å². The van der Waals surface area contributed by atoms with Crippen molar-refractivity contribution in [2.45, 2.75) is 158 Å². The predicted octanol–water partition coefficient (Wildman–Crippen LogP) is 3.85. The Kier molecular flexibility index (Phi) is 17.5. The van der Waals surface area contributed by atoms with Crippen molar-refractivity contribution in [1.82, 2.24) is 41.7 Å². The van der Waals surface area contributed by atoms with Crippen molar-refractivity contribution in [3.05, 3.63) is 81.9 Å². The number of benzene rings is 2. The monoisotopic (exact) mass is 927 g/mol. The van der Waals surface area contributed by atoms with Gasteiger partial charge in [0.25, 0.3) is 0 Å². The number of likely N-dealkylation sites (N-methyl/N-ethyl adjacent to an activating group) is 2. The fourth-order valence-electron chi connectivity index (χ4n) is 10.4. The van der Waals surface area contributed by atoms with Crippen molar-refractivity contribution in [1.29, 1.82) is 0 Å². The molecule has 2 heterocycles. The molecule has 14 nitrogen and oxygen atoms in total. The first-order valence-corrected chi connectivity index (χ1v) is 25.0. The average Bonchev–Trinajstić information content (AvgIpc) is 4.17. The molecule has 362 valence electrons. The van der Waals surface area contributed by atoms with E-state index in [1.165, 1.54) is 16.7 Å². The summed E-state index contributed by atoms with van der Waals surface area (Å²) in [6.45, 7) is 4.76. The number of hydrogen-bond donors (Lipinski definition) is 6. The molecule has 0 spiro atoms. The molecule has 68 heavy (non-hydrogen) atoms. The van der Waals surface area contributed by atoms with E-state index in [-0.39, 0.29) is 60.2 Å². The quantitative estimate of drug-likeness (QED) is 0.146. The maximum atomic E-state index is 14.3. The van der Waals surface area contributed by atoms with Gasteiger partial charge in [-0.25, -0.2) is 0 Å². The van der Waals surface area contributed by atoms with Gasteiger partial charge in [-0.15, -0.1) is 0 Å². The number of fused-ring (bicyclic) bond motifs is 2. The number of nitrogens with one attached hydrogen (secondary N) is 6. The number of aryl methyl sites for hydroxylation is 2. The molecule has 0 bridgehead atoms. The first-order valence-electron chi connectivity index (χ1n) is 25.0. The largest absolute Gasteiger partial charge is 0.354 e. The molecular formula is C54H70N8O6. The third-order valence-corrected chi connectivity index (χ3v) is 14.6. The summed E-state index contributed by atoms with van der Waals surface area (Å²) in [6, 6.07) is 12.1. The Hall–Kier alpha value is -5.96. The number of amides is 6. The Balaban J connectivity index is 1.02. The molecule has 6 amide bonds. The van der Waals surface area contributed by atoms with E-state index in [1.54, 1.807) is 37.7 Å². The van der Waals surface area contributed by atoms with Crippen LogP contribution < -0.4 is 31.9 Å². The van der Waals surface area contributed by atoms with E-state index >= 15 is 0 Å². The van der Waals surface area contributed by atoms with Crippen molar-refractivity contribution < 1.29 is 28.8 Å². The minimum atomic E-state index is -0.970. The summed E-state index contributed by atoms with van der Waals surface area (Å²) in [7, 11) is 3.35. The number of nitrogens with zero attached hydrogens (tertiary/aromatic N) is 2. The Morgan fingerprint density at radius 1 is 0.603 bits per heavy atom. The zero-order valence-corrected chi connectivity index (χ0v) is 40.3. The Bertz CT molecular complexity index is 2360. The summed E-state index contributed by atoms with van der Waals surface area (Å²) in [4.78, 5) is 85.7. The zero-order valence-electron chi connectivity index (χ0n) is 40.3. The van der Waals surface area contributed by atoms with Crippen molar-refractivity contribution in [3.8, 4) is 23.7 Å². The second-order valence-electron chi connectivity index (χ2n) is 19.0. The molecule has 0 aromatic heterocycles. The summed E-state index contributed by atoms with van der Waals surface area (Å²) in [6.07, 6.45) is 10.6. The molecule has 6 N–H and O–H groups in total. The van der Waals surface area contributed by atoms with Crippen molar-refractivity contribution >= 4 is 35.4 Å². The highest BCUT2D eigenvalue weighted by Crippen LogP contribution is 2.32. The van der Waals surface area contributed by atoms with Crippen molar-refractivity contribution in [2.24, 2.45) is 0 Å². The average molecular weight is 927 g/mol. The maximum Gasteiger partial charge on any atom is 0.246 e.